The van der Waals surface area contributed by atoms with E-state index in [-0.39, 0.29) is 11.9 Å². The number of hydrogen-bond acceptors (Lipinski definition) is 2. The fourth-order valence-electron chi connectivity index (χ4n) is 2.31. The number of nitrogens with zero attached hydrogens (tertiary/aromatic N) is 1. The van der Waals surface area contributed by atoms with E-state index in [4.69, 9.17) is 5.73 Å². The van der Waals surface area contributed by atoms with E-state index < -0.39 is 5.82 Å². The molecule has 0 aromatic heterocycles. The van der Waals surface area contributed by atoms with Gasteiger partial charge in [0.2, 0.25) is 0 Å². The first-order valence-electron chi connectivity index (χ1n) is 6.09. The van der Waals surface area contributed by atoms with Gasteiger partial charge in [-0.15, -0.1) is 0 Å². The van der Waals surface area contributed by atoms with Gasteiger partial charge in [-0.05, 0) is 53.4 Å². The largest absolute Gasteiger partial charge is 0.334 e. The fraction of sp³-hybridized carbons (Fsp3) is 0.462. The van der Waals surface area contributed by atoms with Crippen LogP contribution in [0.3, 0.4) is 0 Å². The van der Waals surface area contributed by atoms with Gasteiger partial charge in [0.1, 0.15) is 5.82 Å². The van der Waals surface area contributed by atoms with Gasteiger partial charge in [0.25, 0.3) is 5.91 Å². The maximum atomic E-state index is 13.4. The number of halogens is 2. The Hall–Kier alpha value is -0.940. The predicted molar refractivity (Wildman–Crippen MR) is 71.8 cm³/mol. The molecular formula is C13H16BrFN2O. The molecule has 1 aliphatic rings. The average molecular weight is 315 g/mol. The number of carbonyl (C=O) groups excluding carboxylic acids is 1. The Bertz CT molecular complexity index is 453. The number of carbonyl (C=O) groups is 1. The van der Waals surface area contributed by atoms with E-state index in [9.17, 15) is 9.18 Å². The average Bonchev–Trinajstić information content (AvgIpc) is 2.41. The second kappa shape index (κ2) is 5.80. The lowest BCUT2D eigenvalue weighted by Crippen LogP contribution is -2.47. The van der Waals surface area contributed by atoms with E-state index in [0.29, 0.717) is 23.1 Å². The first-order valence-corrected chi connectivity index (χ1v) is 6.89. The zero-order valence-electron chi connectivity index (χ0n) is 10.0. The van der Waals surface area contributed by atoms with Crippen molar-refractivity contribution in [2.24, 2.45) is 5.73 Å². The molecule has 0 saturated carbocycles. The number of likely N-dealkylation sites (tertiary alicyclic amines) is 1. The van der Waals surface area contributed by atoms with Gasteiger partial charge in [-0.3, -0.25) is 4.79 Å². The number of hydrogen-bond donors (Lipinski definition) is 1. The van der Waals surface area contributed by atoms with Crippen molar-refractivity contribution >= 4 is 21.8 Å². The Labute approximate surface area is 114 Å². The van der Waals surface area contributed by atoms with Crippen LogP contribution in [0.5, 0.6) is 0 Å². The number of nitrogens with two attached hydrogens (primary N) is 1. The maximum Gasteiger partial charge on any atom is 0.254 e. The van der Waals surface area contributed by atoms with Crippen LogP contribution >= 0.6 is 15.9 Å². The molecule has 18 heavy (non-hydrogen) atoms. The third kappa shape index (κ3) is 2.72. The van der Waals surface area contributed by atoms with Crippen molar-refractivity contribution in [3.63, 3.8) is 0 Å². The van der Waals surface area contributed by atoms with Crippen LogP contribution in [0.2, 0.25) is 0 Å². The molecule has 1 amide bonds. The Kier molecular flexibility index (Phi) is 4.35. The molecular weight excluding hydrogens is 299 g/mol. The highest BCUT2D eigenvalue weighted by Gasteiger charge is 2.26. The summed E-state index contributed by atoms with van der Waals surface area (Å²) in [4.78, 5) is 14.1. The first-order chi connectivity index (χ1) is 8.63. The Morgan fingerprint density at radius 3 is 2.94 bits per heavy atom. The standard InChI is InChI=1S/C13H16BrFN2O/c14-11-5-4-9(7-12(11)15)13(18)17-6-2-1-3-10(17)8-16/h4-5,7,10H,1-3,6,8,16H2/t10-/m0/s1. The Morgan fingerprint density at radius 2 is 2.28 bits per heavy atom. The molecule has 1 aromatic carbocycles. The summed E-state index contributed by atoms with van der Waals surface area (Å²) < 4.78 is 13.8. The smallest absolute Gasteiger partial charge is 0.254 e. The molecule has 2 rings (SSSR count). The Morgan fingerprint density at radius 1 is 1.50 bits per heavy atom. The van der Waals surface area contributed by atoms with Crippen LogP contribution in [0.25, 0.3) is 0 Å². The molecule has 3 nitrogen and oxygen atoms in total. The van der Waals surface area contributed by atoms with Gasteiger partial charge < -0.3 is 10.6 Å². The Balaban J connectivity index is 2.21. The van der Waals surface area contributed by atoms with Crippen molar-refractivity contribution < 1.29 is 9.18 Å². The van der Waals surface area contributed by atoms with E-state index in [1.54, 1.807) is 17.0 Å². The zero-order valence-corrected chi connectivity index (χ0v) is 11.6. The SMILES string of the molecule is NC[C@@H]1CCCCN1C(=O)c1ccc(Br)c(F)c1. The predicted octanol–water partition coefficient (Wildman–Crippen LogP) is 2.54. The van der Waals surface area contributed by atoms with Gasteiger partial charge in [-0.2, -0.15) is 0 Å². The molecule has 2 N–H and O–H groups in total. The van der Waals surface area contributed by atoms with Crippen molar-refractivity contribution in [1.29, 1.82) is 0 Å². The van der Waals surface area contributed by atoms with Gasteiger partial charge in [-0.1, -0.05) is 0 Å². The minimum absolute atomic E-state index is 0.0814. The van der Waals surface area contributed by atoms with Crippen molar-refractivity contribution in [2.75, 3.05) is 13.1 Å². The molecule has 5 heteroatoms. The van der Waals surface area contributed by atoms with E-state index in [2.05, 4.69) is 15.9 Å². The van der Waals surface area contributed by atoms with Gasteiger partial charge in [-0.25, -0.2) is 4.39 Å². The van der Waals surface area contributed by atoms with E-state index >= 15 is 0 Å². The molecule has 1 heterocycles. The molecule has 1 aliphatic heterocycles. The molecule has 98 valence electrons. The molecule has 0 radical (unpaired) electrons. The van der Waals surface area contributed by atoms with Crippen molar-refractivity contribution in [2.45, 2.75) is 25.3 Å². The summed E-state index contributed by atoms with van der Waals surface area (Å²) in [5.74, 6) is -0.543. The number of amides is 1. The minimum atomic E-state index is -0.415. The van der Waals surface area contributed by atoms with Crippen molar-refractivity contribution in [3.05, 3.63) is 34.1 Å². The quantitative estimate of drug-likeness (QED) is 0.912. The molecule has 1 fully saturated rings. The van der Waals surface area contributed by atoms with Crippen LogP contribution in [0.1, 0.15) is 29.6 Å². The van der Waals surface area contributed by atoms with E-state index in [0.717, 1.165) is 19.3 Å². The molecule has 1 atom stereocenters. The van der Waals surface area contributed by atoms with Gasteiger partial charge in [0.05, 0.1) is 4.47 Å². The highest BCUT2D eigenvalue weighted by molar-refractivity contribution is 9.10. The minimum Gasteiger partial charge on any atom is -0.334 e. The highest BCUT2D eigenvalue weighted by atomic mass is 79.9. The normalized spacial score (nSPS) is 19.9. The molecule has 0 bridgehead atoms. The monoisotopic (exact) mass is 314 g/mol. The number of rotatable bonds is 2. The molecule has 0 unspecified atom stereocenters. The molecule has 0 spiro atoms. The summed E-state index contributed by atoms with van der Waals surface area (Å²) in [6.07, 6.45) is 3.02. The van der Waals surface area contributed by atoms with Crippen LogP contribution in [-0.2, 0) is 0 Å². The molecule has 1 saturated heterocycles. The third-order valence-electron chi connectivity index (χ3n) is 3.33. The summed E-state index contributed by atoms with van der Waals surface area (Å²) in [7, 11) is 0. The lowest BCUT2D eigenvalue weighted by atomic mass is 10.0. The van der Waals surface area contributed by atoms with Gasteiger partial charge in [0.15, 0.2) is 0 Å². The first kappa shape index (κ1) is 13.5. The molecule has 0 aliphatic carbocycles. The lowest BCUT2D eigenvalue weighted by Gasteiger charge is -2.35. The van der Waals surface area contributed by atoms with Gasteiger partial charge >= 0.3 is 0 Å². The molecule has 1 aromatic rings. The zero-order chi connectivity index (χ0) is 13.1. The van der Waals surface area contributed by atoms with Crippen LogP contribution in [-0.4, -0.2) is 29.9 Å². The fourth-order valence-corrected chi connectivity index (χ4v) is 2.55. The highest BCUT2D eigenvalue weighted by Crippen LogP contribution is 2.21. The summed E-state index contributed by atoms with van der Waals surface area (Å²) in [5.41, 5.74) is 6.07. The summed E-state index contributed by atoms with van der Waals surface area (Å²) >= 11 is 3.08. The van der Waals surface area contributed by atoms with E-state index in [1.807, 2.05) is 0 Å². The van der Waals surface area contributed by atoms with Crippen LogP contribution in [0.4, 0.5) is 4.39 Å². The summed E-state index contributed by atoms with van der Waals surface area (Å²) in [6, 6.07) is 4.55. The van der Waals surface area contributed by atoms with Crippen LogP contribution in [0.15, 0.2) is 22.7 Å². The maximum absolute atomic E-state index is 13.4. The second-order valence-corrected chi connectivity index (χ2v) is 5.37. The summed E-state index contributed by atoms with van der Waals surface area (Å²) in [5, 5.41) is 0. The van der Waals surface area contributed by atoms with Gasteiger partial charge in [0, 0.05) is 24.7 Å². The number of benzene rings is 1. The summed E-state index contributed by atoms with van der Waals surface area (Å²) in [6.45, 7) is 1.17. The second-order valence-electron chi connectivity index (χ2n) is 4.51. The van der Waals surface area contributed by atoms with Crippen molar-refractivity contribution in [3.8, 4) is 0 Å². The topological polar surface area (TPSA) is 46.3 Å². The van der Waals surface area contributed by atoms with Crippen LogP contribution in [0, 0.1) is 5.82 Å². The third-order valence-corrected chi connectivity index (χ3v) is 3.97. The van der Waals surface area contributed by atoms with Crippen LogP contribution < -0.4 is 5.73 Å². The lowest BCUT2D eigenvalue weighted by molar-refractivity contribution is 0.0623. The number of piperidine rings is 1. The van der Waals surface area contributed by atoms with Crippen molar-refractivity contribution in [1.82, 2.24) is 4.90 Å². The van der Waals surface area contributed by atoms with E-state index in [1.165, 1.54) is 6.07 Å².